The van der Waals surface area contributed by atoms with Crippen molar-refractivity contribution in [3.8, 4) is 5.75 Å². The molecular formula is C17H22N4O3. The Morgan fingerprint density at radius 1 is 1.25 bits per heavy atom. The van der Waals surface area contributed by atoms with E-state index in [9.17, 15) is 9.90 Å². The van der Waals surface area contributed by atoms with E-state index in [0.717, 1.165) is 5.82 Å². The standard InChI is InChI=1S/C17H22N4O3/c1-21(2)16-9-6-13(10-18-16)20-17(23)19-11-15(22)12-4-7-14(24-3)8-5-12/h4-10,15,22H,11H2,1-3H3,(H2,19,20,23)/t15-/m0/s1. The molecule has 0 unspecified atom stereocenters. The lowest BCUT2D eigenvalue weighted by Gasteiger charge is -2.14. The van der Waals surface area contributed by atoms with Gasteiger partial charge >= 0.3 is 6.03 Å². The molecule has 0 aliphatic rings. The third-order valence-corrected chi connectivity index (χ3v) is 3.42. The number of aromatic nitrogens is 1. The maximum Gasteiger partial charge on any atom is 0.319 e. The number of amides is 2. The Morgan fingerprint density at radius 2 is 1.96 bits per heavy atom. The highest BCUT2D eigenvalue weighted by atomic mass is 16.5. The maximum absolute atomic E-state index is 11.9. The molecular weight excluding hydrogens is 308 g/mol. The van der Waals surface area contributed by atoms with E-state index < -0.39 is 12.1 Å². The van der Waals surface area contributed by atoms with Gasteiger partial charge in [0.25, 0.3) is 0 Å². The van der Waals surface area contributed by atoms with E-state index in [0.29, 0.717) is 17.0 Å². The van der Waals surface area contributed by atoms with Crippen LogP contribution in [0.4, 0.5) is 16.3 Å². The Balaban J connectivity index is 1.83. The molecule has 0 radical (unpaired) electrons. The SMILES string of the molecule is COc1ccc([C@@H](O)CNC(=O)Nc2ccc(N(C)C)nc2)cc1. The van der Waals surface area contributed by atoms with Gasteiger partial charge in [-0.3, -0.25) is 0 Å². The number of urea groups is 1. The largest absolute Gasteiger partial charge is 0.497 e. The van der Waals surface area contributed by atoms with Crippen LogP contribution in [0.5, 0.6) is 5.75 Å². The van der Waals surface area contributed by atoms with Crippen molar-refractivity contribution in [3.05, 3.63) is 48.2 Å². The summed E-state index contributed by atoms with van der Waals surface area (Å²) in [5.74, 6) is 1.52. The van der Waals surface area contributed by atoms with Crippen molar-refractivity contribution < 1.29 is 14.6 Å². The van der Waals surface area contributed by atoms with Gasteiger partial charge in [0.1, 0.15) is 11.6 Å². The minimum atomic E-state index is -0.795. The van der Waals surface area contributed by atoms with Crippen LogP contribution in [-0.2, 0) is 0 Å². The Morgan fingerprint density at radius 3 is 2.50 bits per heavy atom. The fourth-order valence-electron chi connectivity index (χ4n) is 2.03. The van der Waals surface area contributed by atoms with Crippen LogP contribution in [0.25, 0.3) is 0 Å². The first-order valence-corrected chi connectivity index (χ1v) is 7.50. The zero-order chi connectivity index (χ0) is 17.5. The summed E-state index contributed by atoms with van der Waals surface area (Å²) in [6.45, 7) is 0.0986. The highest BCUT2D eigenvalue weighted by Gasteiger charge is 2.10. The Bertz CT molecular complexity index is 657. The number of methoxy groups -OCH3 is 1. The average molecular weight is 330 g/mol. The molecule has 24 heavy (non-hydrogen) atoms. The summed E-state index contributed by atoms with van der Waals surface area (Å²) < 4.78 is 5.07. The normalized spacial score (nSPS) is 11.5. The van der Waals surface area contributed by atoms with Gasteiger partial charge in [-0.05, 0) is 29.8 Å². The number of carbonyl (C=O) groups is 1. The molecule has 1 atom stereocenters. The fraction of sp³-hybridized carbons (Fsp3) is 0.294. The Kier molecular flexibility index (Phi) is 5.97. The molecule has 1 aromatic carbocycles. The number of aliphatic hydroxyl groups is 1. The molecule has 1 aromatic heterocycles. The lowest BCUT2D eigenvalue weighted by atomic mass is 10.1. The number of pyridine rings is 1. The molecule has 0 saturated heterocycles. The van der Waals surface area contributed by atoms with Gasteiger partial charge in [-0.2, -0.15) is 0 Å². The summed E-state index contributed by atoms with van der Waals surface area (Å²) in [7, 11) is 5.36. The summed E-state index contributed by atoms with van der Waals surface area (Å²) in [6.07, 6.45) is 0.783. The first kappa shape index (κ1) is 17.6. The molecule has 128 valence electrons. The van der Waals surface area contributed by atoms with Crippen molar-refractivity contribution in [3.63, 3.8) is 0 Å². The Hall–Kier alpha value is -2.80. The van der Waals surface area contributed by atoms with E-state index in [1.807, 2.05) is 25.1 Å². The molecule has 1 heterocycles. The number of benzene rings is 1. The zero-order valence-corrected chi connectivity index (χ0v) is 14.0. The van der Waals surface area contributed by atoms with Crippen molar-refractivity contribution in [2.24, 2.45) is 0 Å². The van der Waals surface area contributed by atoms with E-state index in [1.54, 1.807) is 43.6 Å². The van der Waals surface area contributed by atoms with Crippen LogP contribution in [0.2, 0.25) is 0 Å². The lowest BCUT2D eigenvalue weighted by Crippen LogP contribution is -2.32. The summed E-state index contributed by atoms with van der Waals surface area (Å²) >= 11 is 0. The number of hydrogen-bond acceptors (Lipinski definition) is 5. The highest BCUT2D eigenvalue weighted by molar-refractivity contribution is 5.89. The average Bonchev–Trinajstić information content (AvgIpc) is 2.60. The number of rotatable bonds is 6. The monoisotopic (exact) mass is 330 g/mol. The van der Waals surface area contributed by atoms with Gasteiger partial charge in [0.15, 0.2) is 0 Å². The fourth-order valence-corrected chi connectivity index (χ4v) is 2.03. The van der Waals surface area contributed by atoms with Gasteiger partial charge in [0.2, 0.25) is 0 Å². The number of aliphatic hydroxyl groups excluding tert-OH is 1. The van der Waals surface area contributed by atoms with Crippen molar-refractivity contribution >= 4 is 17.5 Å². The van der Waals surface area contributed by atoms with Crippen molar-refractivity contribution in [1.29, 1.82) is 0 Å². The predicted octanol–water partition coefficient (Wildman–Crippen LogP) is 2.01. The second-order valence-corrected chi connectivity index (χ2v) is 5.42. The quantitative estimate of drug-likeness (QED) is 0.754. The van der Waals surface area contributed by atoms with Gasteiger partial charge < -0.3 is 25.4 Å². The van der Waals surface area contributed by atoms with E-state index >= 15 is 0 Å². The van der Waals surface area contributed by atoms with Crippen molar-refractivity contribution in [2.45, 2.75) is 6.10 Å². The predicted molar refractivity (Wildman–Crippen MR) is 93.5 cm³/mol. The topological polar surface area (TPSA) is 86.7 Å². The minimum absolute atomic E-state index is 0.0986. The molecule has 0 saturated carbocycles. The zero-order valence-electron chi connectivity index (χ0n) is 14.0. The molecule has 7 heteroatoms. The minimum Gasteiger partial charge on any atom is -0.497 e. The summed E-state index contributed by atoms with van der Waals surface area (Å²) in [5, 5.41) is 15.4. The van der Waals surface area contributed by atoms with Gasteiger partial charge in [0, 0.05) is 20.6 Å². The number of anilines is 2. The Labute approximate surface area is 141 Å². The number of hydrogen-bond donors (Lipinski definition) is 3. The van der Waals surface area contributed by atoms with Crippen LogP contribution in [0, 0.1) is 0 Å². The number of carbonyl (C=O) groups excluding carboxylic acids is 1. The molecule has 2 rings (SSSR count). The number of nitrogens with one attached hydrogen (secondary N) is 2. The first-order valence-electron chi connectivity index (χ1n) is 7.50. The molecule has 2 aromatic rings. The molecule has 0 bridgehead atoms. The van der Waals surface area contributed by atoms with E-state index in [4.69, 9.17) is 4.74 Å². The molecule has 3 N–H and O–H groups in total. The van der Waals surface area contributed by atoms with E-state index in [2.05, 4.69) is 15.6 Å². The van der Waals surface area contributed by atoms with E-state index in [1.165, 1.54) is 0 Å². The highest BCUT2D eigenvalue weighted by Crippen LogP contribution is 2.17. The second-order valence-electron chi connectivity index (χ2n) is 5.42. The molecule has 0 spiro atoms. The van der Waals surface area contributed by atoms with Crippen LogP contribution in [0.1, 0.15) is 11.7 Å². The molecule has 7 nitrogen and oxygen atoms in total. The van der Waals surface area contributed by atoms with Gasteiger partial charge in [-0.25, -0.2) is 9.78 Å². The van der Waals surface area contributed by atoms with Crippen LogP contribution >= 0.6 is 0 Å². The number of nitrogens with zero attached hydrogens (tertiary/aromatic N) is 2. The smallest absolute Gasteiger partial charge is 0.319 e. The molecule has 0 aliphatic heterocycles. The molecule has 2 amide bonds. The lowest BCUT2D eigenvalue weighted by molar-refractivity contribution is 0.175. The maximum atomic E-state index is 11.9. The van der Waals surface area contributed by atoms with Gasteiger partial charge in [-0.1, -0.05) is 12.1 Å². The second kappa shape index (κ2) is 8.16. The molecule has 0 aliphatic carbocycles. The van der Waals surface area contributed by atoms with Crippen molar-refractivity contribution in [2.75, 3.05) is 38.0 Å². The van der Waals surface area contributed by atoms with Crippen LogP contribution < -0.4 is 20.3 Å². The third kappa shape index (κ3) is 4.85. The van der Waals surface area contributed by atoms with Crippen molar-refractivity contribution in [1.82, 2.24) is 10.3 Å². The third-order valence-electron chi connectivity index (χ3n) is 3.42. The first-order chi connectivity index (χ1) is 11.5. The summed E-state index contributed by atoms with van der Waals surface area (Å²) in [6, 6.07) is 10.2. The van der Waals surface area contributed by atoms with Crippen LogP contribution in [-0.4, -0.2) is 43.9 Å². The van der Waals surface area contributed by atoms with Crippen LogP contribution in [0.15, 0.2) is 42.6 Å². The molecule has 0 fully saturated rings. The van der Waals surface area contributed by atoms with E-state index in [-0.39, 0.29) is 6.54 Å². The van der Waals surface area contributed by atoms with Gasteiger partial charge in [0.05, 0.1) is 25.1 Å². The summed E-state index contributed by atoms with van der Waals surface area (Å²) in [5.41, 5.74) is 1.28. The van der Waals surface area contributed by atoms with Gasteiger partial charge in [-0.15, -0.1) is 0 Å². The number of ether oxygens (including phenoxy) is 1. The van der Waals surface area contributed by atoms with Crippen LogP contribution in [0.3, 0.4) is 0 Å². The summed E-state index contributed by atoms with van der Waals surface area (Å²) in [4.78, 5) is 18.0.